The maximum atomic E-state index is 12.0. The zero-order valence-corrected chi connectivity index (χ0v) is 15.6. The molecule has 0 spiro atoms. The van der Waals surface area contributed by atoms with Crippen molar-refractivity contribution in [1.82, 2.24) is 0 Å². The molecule has 1 aromatic rings. The summed E-state index contributed by atoms with van der Waals surface area (Å²) in [6, 6.07) is 0. The van der Waals surface area contributed by atoms with Crippen molar-refractivity contribution < 1.29 is 24.5 Å². The molecule has 5 heteroatoms. The number of benzene rings is 1. The molecule has 140 valence electrons. The molecule has 2 unspecified atom stereocenters. The minimum absolute atomic E-state index is 0.0233. The lowest BCUT2D eigenvalue weighted by Crippen LogP contribution is -2.19. The van der Waals surface area contributed by atoms with Crippen molar-refractivity contribution >= 4 is 11.9 Å². The number of phenols is 1. The van der Waals surface area contributed by atoms with Crippen molar-refractivity contribution in [3.05, 3.63) is 39.5 Å². The molecule has 0 saturated heterocycles. The standard InChI is InChI=1S/C21H26O5/c1-4-13-12(3)17-10-26-21(25)18(17)19(22)15(13)9-8-11(2)14-6-5-7-16(14)20(23)24/h8,14,16,22H,4-7,9-10H2,1-3H3,(H,23,24). The number of cyclic esters (lactones) is 1. The number of aromatic hydroxyl groups is 1. The van der Waals surface area contributed by atoms with Crippen LogP contribution in [0.15, 0.2) is 11.6 Å². The summed E-state index contributed by atoms with van der Waals surface area (Å²) >= 11 is 0. The van der Waals surface area contributed by atoms with Crippen LogP contribution >= 0.6 is 0 Å². The molecule has 0 bridgehead atoms. The zero-order valence-electron chi connectivity index (χ0n) is 15.6. The smallest absolute Gasteiger partial charge is 0.342 e. The van der Waals surface area contributed by atoms with E-state index in [0.29, 0.717) is 12.0 Å². The highest BCUT2D eigenvalue weighted by atomic mass is 16.5. The maximum absolute atomic E-state index is 12.0. The van der Waals surface area contributed by atoms with Crippen molar-refractivity contribution in [2.45, 2.75) is 59.5 Å². The molecule has 0 radical (unpaired) electrons. The van der Waals surface area contributed by atoms with Gasteiger partial charge < -0.3 is 14.9 Å². The van der Waals surface area contributed by atoms with Gasteiger partial charge in [-0.3, -0.25) is 4.79 Å². The van der Waals surface area contributed by atoms with E-state index in [0.717, 1.165) is 53.5 Å². The van der Waals surface area contributed by atoms with E-state index in [1.807, 2.05) is 26.8 Å². The Morgan fingerprint density at radius 1 is 1.27 bits per heavy atom. The summed E-state index contributed by atoms with van der Waals surface area (Å²) in [6.07, 6.45) is 5.81. The van der Waals surface area contributed by atoms with Crippen LogP contribution in [0, 0.1) is 18.8 Å². The van der Waals surface area contributed by atoms with Crippen LogP contribution in [0.3, 0.4) is 0 Å². The molecular formula is C21H26O5. The molecular weight excluding hydrogens is 332 g/mol. The van der Waals surface area contributed by atoms with Gasteiger partial charge in [-0.2, -0.15) is 0 Å². The minimum Gasteiger partial charge on any atom is -0.507 e. The third-order valence-electron chi connectivity index (χ3n) is 6.05. The number of rotatable bonds is 5. The van der Waals surface area contributed by atoms with Crippen LogP contribution in [0.25, 0.3) is 0 Å². The highest BCUT2D eigenvalue weighted by molar-refractivity contribution is 5.97. The fourth-order valence-corrected chi connectivity index (χ4v) is 4.56. The van der Waals surface area contributed by atoms with Gasteiger partial charge in [-0.25, -0.2) is 4.79 Å². The number of aliphatic carboxylic acids is 1. The Morgan fingerprint density at radius 2 is 1.96 bits per heavy atom. The molecule has 1 fully saturated rings. The zero-order chi connectivity index (χ0) is 19.0. The van der Waals surface area contributed by atoms with Crippen LogP contribution in [0.4, 0.5) is 0 Å². The van der Waals surface area contributed by atoms with E-state index in [2.05, 4.69) is 0 Å². The number of esters is 1. The van der Waals surface area contributed by atoms with E-state index in [1.165, 1.54) is 0 Å². The third-order valence-corrected chi connectivity index (χ3v) is 6.05. The number of phenolic OH excluding ortho intramolecular Hbond substituents is 1. The number of hydrogen-bond acceptors (Lipinski definition) is 4. The van der Waals surface area contributed by atoms with Gasteiger partial charge in [0.25, 0.3) is 0 Å². The Morgan fingerprint density at radius 3 is 2.62 bits per heavy atom. The number of ether oxygens (including phenoxy) is 1. The summed E-state index contributed by atoms with van der Waals surface area (Å²) in [7, 11) is 0. The Hall–Kier alpha value is -2.30. The Balaban J connectivity index is 1.95. The van der Waals surface area contributed by atoms with Crippen molar-refractivity contribution in [3.63, 3.8) is 0 Å². The van der Waals surface area contributed by atoms with Crippen molar-refractivity contribution in [3.8, 4) is 5.75 Å². The molecule has 1 aliphatic heterocycles. The summed E-state index contributed by atoms with van der Waals surface area (Å²) in [5.74, 6) is -1.43. The number of carbonyl (C=O) groups is 2. The molecule has 2 N–H and O–H groups in total. The van der Waals surface area contributed by atoms with Gasteiger partial charge in [0.15, 0.2) is 0 Å². The van der Waals surface area contributed by atoms with Gasteiger partial charge in [0.1, 0.15) is 17.9 Å². The van der Waals surface area contributed by atoms with E-state index in [-0.39, 0.29) is 24.2 Å². The Labute approximate surface area is 153 Å². The average molecular weight is 358 g/mol. The molecule has 3 rings (SSSR count). The first-order valence-corrected chi connectivity index (χ1v) is 9.29. The summed E-state index contributed by atoms with van der Waals surface area (Å²) in [5.41, 5.74) is 4.95. The van der Waals surface area contributed by atoms with Gasteiger partial charge in [0.05, 0.1) is 5.92 Å². The van der Waals surface area contributed by atoms with Crippen molar-refractivity contribution in [1.29, 1.82) is 0 Å². The molecule has 0 aromatic heterocycles. The second kappa shape index (κ2) is 7.14. The second-order valence-electron chi connectivity index (χ2n) is 7.35. The van der Waals surface area contributed by atoms with E-state index >= 15 is 0 Å². The van der Waals surface area contributed by atoms with Crippen LogP contribution in [-0.4, -0.2) is 22.2 Å². The van der Waals surface area contributed by atoms with Gasteiger partial charge in [0, 0.05) is 11.1 Å². The fourth-order valence-electron chi connectivity index (χ4n) is 4.56. The van der Waals surface area contributed by atoms with Crippen molar-refractivity contribution in [2.24, 2.45) is 11.8 Å². The summed E-state index contributed by atoms with van der Waals surface area (Å²) < 4.78 is 5.11. The number of allylic oxidation sites excluding steroid dienone is 2. The molecule has 1 aromatic carbocycles. The molecule has 1 aliphatic carbocycles. The topological polar surface area (TPSA) is 83.8 Å². The van der Waals surface area contributed by atoms with E-state index in [9.17, 15) is 19.8 Å². The molecule has 5 nitrogen and oxygen atoms in total. The van der Waals surface area contributed by atoms with Gasteiger partial charge in [-0.15, -0.1) is 0 Å². The quantitative estimate of drug-likeness (QED) is 0.615. The first kappa shape index (κ1) is 18.5. The average Bonchev–Trinajstić information content (AvgIpc) is 3.23. The summed E-state index contributed by atoms with van der Waals surface area (Å²) in [6.45, 7) is 6.20. The largest absolute Gasteiger partial charge is 0.507 e. The number of hydrogen-bond donors (Lipinski definition) is 2. The molecule has 2 atom stereocenters. The van der Waals surface area contributed by atoms with Gasteiger partial charge in [0.2, 0.25) is 0 Å². The number of carboxylic acid groups (broad SMARTS) is 1. The predicted octanol–water partition coefficient (Wildman–Crippen LogP) is 3.92. The van der Waals surface area contributed by atoms with Gasteiger partial charge in [-0.05, 0) is 56.6 Å². The summed E-state index contributed by atoms with van der Waals surface area (Å²) in [4.78, 5) is 23.4. The monoisotopic (exact) mass is 358 g/mol. The normalized spacial score (nSPS) is 22.4. The first-order chi connectivity index (χ1) is 12.4. The first-order valence-electron chi connectivity index (χ1n) is 9.29. The Bertz CT molecular complexity index is 790. The highest BCUT2D eigenvalue weighted by Crippen LogP contribution is 2.40. The number of fused-ring (bicyclic) bond motifs is 1. The number of carbonyl (C=O) groups excluding carboxylic acids is 1. The minimum atomic E-state index is -0.728. The van der Waals surface area contributed by atoms with Crippen LogP contribution in [0.5, 0.6) is 5.75 Å². The van der Waals surface area contributed by atoms with E-state index in [1.54, 1.807) is 0 Å². The molecule has 1 heterocycles. The highest BCUT2D eigenvalue weighted by Gasteiger charge is 2.34. The van der Waals surface area contributed by atoms with E-state index in [4.69, 9.17) is 4.74 Å². The van der Waals surface area contributed by atoms with E-state index < -0.39 is 11.9 Å². The molecule has 1 saturated carbocycles. The molecule has 0 amide bonds. The van der Waals surface area contributed by atoms with Crippen molar-refractivity contribution in [2.75, 3.05) is 0 Å². The molecule has 2 aliphatic rings. The van der Waals surface area contributed by atoms with Crippen LogP contribution < -0.4 is 0 Å². The van der Waals surface area contributed by atoms with Crippen LogP contribution in [0.2, 0.25) is 0 Å². The number of carboxylic acids is 1. The van der Waals surface area contributed by atoms with Crippen LogP contribution in [0.1, 0.15) is 65.7 Å². The molecule has 26 heavy (non-hydrogen) atoms. The van der Waals surface area contributed by atoms with Gasteiger partial charge in [-0.1, -0.05) is 25.0 Å². The lowest BCUT2D eigenvalue weighted by Gasteiger charge is -2.18. The fraction of sp³-hybridized carbons (Fsp3) is 0.524. The van der Waals surface area contributed by atoms with Gasteiger partial charge >= 0.3 is 11.9 Å². The predicted molar refractivity (Wildman–Crippen MR) is 97.3 cm³/mol. The van der Waals surface area contributed by atoms with Crippen LogP contribution in [-0.2, 0) is 29.0 Å². The lowest BCUT2D eigenvalue weighted by molar-refractivity contribution is -0.142. The second-order valence-corrected chi connectivity index (χ2v) is 7.35. The maximum Gasteiger partial charge on any atom is 0.342 e. The third kappa shape index (κ3) is 3.00. The summed E-state index contributed by atoms with van der Waals surface area (Å²) in [5, 5.41) is 20.1. The lowest BCUT2D eigenvalue weighted by atomic mass is 9.86. The SMILES string of the molecule is CCc1c(C)c2c(c(O)c1CC=C(C)C1CCCC1C(=O)O)C(=O)OC2. The Kier molecular flexibility index (Phi) is 5.08.